The normalized spacial score (nSPS) is 12.4. The largest absolute Gasteiger partial charge is 0.388 e. The standard InChI is InChI=1S/C15H14BrFO/c1-10-6-12(9-14(17)7-10)15(18)8-11-2-4-13(16)5-3-11/h2-7,9,15,18H,8H2,1H3. The summed E-state index contributed by atoms with van der Waals surface area (Å²) in [6.45, 7) is 1.82. The van der Waals surface area contributed by atoms with Crippen LogP contribution in [0.3, 0.4) is 0 Å². The van der Waals surface area contributed by atoms with Crippen LogP contribution in [0.25, 0.3) is 0 Å². The smallest absolute Gasteiger partial charge is 0.123 e. The Bertz CT molecular complexity index is 516. The second-order valence-corrected chi connectivity index (χ2v) is 5.32. The van der Waals surface area contributed by atoms with Crippen LogP contribution < -0.4 is 0 Å². The summed E-state index contributed by atoms with van der Waals surface area (Å²) in [5, 5.41) is 10.1. The number of aliphatic hydroxyl groups excluding tert-OH is 1. The number of aryl methyl sites for hydroxylation is 1. The van der Waals surface area contributed by atoms with E-state index in [-0.39, 0.29) is 5.82 Å². The number of rotatable bonds is 3. The Morgan fingerprint density at radius 1 is 1.17 bits per heavy atom. The highest BCUT2D eigenvalue weighted by Crippen LogP contribution is 2.21. The number of hydrogen-bond acceptors (Lipinski definition) is 1. The lowest BCUT2D eigenvalue weighted by Gasteiger charge is -2.12. The summed E-state index contributed by atoms with van der Waals surface area (Å²) in [6.07, 6.45) is -0.198. The van der Waals surface area contributed by atoms with Gasteiger partial charge in [0.25, 0.3) is 0 Å². The van der Waals surface area contributed by atoms with E-state index in [1.807, 2.05) is 37.3 Å². The number of hydrogen-bond donors (Lipinski definition) is 1. The molecule has 2 aromatic carbocycles. The molecule has 0 aliphatic carbocycles. The Hall–Kier alpha value is -1.19. The molecule has 0 aromatic heterocycles. The molecule has 1 N–H and O–H groups in total. The maximum Gasteiger partial charge on any atom is 0.123 e. The van der Waals surface area contributed by atoms with Gasteiger partial charge in [0.1, 0.15) is 5.82 Å². The van der Waals surface area contributed by atoms with E-state index in [0.717, 1.165) is 15.6 Å². The van der Waals surface area contributed by atoms with Gasteiger partial charge in [0, 0.05) is 10.9 Å². The molecule has 0 aliphatic rings. The van der Waals surface area contributed by atoms with Crippen LogP contribution in [-0.4, -0.2) is 5.11 Å². The topological polar surface area (TPSA) is 20.2 Å². The Balaban J connectivity index is 2.16. The minimum atomic E-state index is -0.680. The van der Waals surface area contributed by atoms with E-state index < -0.39 is 6.10 Å². The van der Waals surface area contributed by atoms with E-state index >= 15 is 0 Å². The molecule has 0 aliphatic heterocycles. The van der Waals surface area contributed by atoms with Crippen LogP contribution in [-0.2, 0) is 6.42 Å². The quantitative estimate of drug-likeness (QED) is 0.902. The molecule has 0 saturated carbocycles. The maximum atomic E-state index is 13.3. The van der Waals surface area contributed by atoms with E-state index in [9.17, 15) is 9.50 Å². The SMILES string of the molecule is Cc1cc(F)cc(C(O)Cc2ccc(Br)cc2)c1. The van der Waals surface area contributed by atoms with Crippen molar-refractivity contribution in [3.05, 3.63) is 69.4 Å². The molecule has 94 valence electrons. The van der Waals surface area contributed by atoms with Crippen LogP contribution in [0.5, 0.6) is 0 Å². The zero-order valence-corrected chi connectivity index (χ0v) is 11.6. The Morgan fingerprint density at radius 2 is 1.83 bits per heavy atom. The van der Waals surface area contributed by atoms with Crippen molar-refractivity contribution in [2.45, 2.75) is 19.4 Å². The van der Waals surface area contributed by atoms with Gasteiger partial charge in [0.05, 0.1) is 6.10 Å². The van der Waals surface area contributed by atoms with Crippen LogP contribution in [0, 0.1) is 12.7 Å². The molecule has 0 heterocycles. The molecule has 0 spiro atoms. The first-order valence-corrected chi connectivity index (χ1v) is 6.53. The number of halogens is 2. The molecular weight excluding hydrogens is 295 g/mol. The molecule has 2 aromatic rings. The third kappa shape index (κ3) is 3.40. The van der Waals surface area contributed by atoms with Gasteiger partial charge < -0.3 is 5.11 Å². The Kier molecular flexibility index (Phi) is 4.15. The van der Waals surface area contributed by atoms with Crippen molar-refractivity contribution in [2.75, 3.05) is 0 Å². The van der Waals surface area contributed by atoms with Gasteiger partial charge in [-0.2, -0.15) is 0 Å². The van der Waals surface area contributed by atoms with Gasteiger partial charge in [-0.05, 0) is 47.9 Å². The predicted octanol–water partition coefficient (Wildman–Crippen LogP) is 4.17. The lowest BCUT2D eigenvalue weighted by Crippen LogP contribution is -2.02. The molecule has 0 bridgehead atoms. The first-order valence-electron chi connectivity index (χ1n) is 5.74. The molecular formula is C15H14BrFO. The second kappa shape index (κ2) is 5.63. The van der Waals surface area contributed by atoms with Crippen molar-refractivity contribution in [3.63, 3.8) is 0 Å². The number of aliphatic hydroxyl groups is 1. The van der Waals surface area contributed by atoms with Gasteiger partial charge in [0.2, 0.25) is 0 Å². The Labute approximate surface area is 114 Å². The van der Waals surface area contributed by atoms with Crippen molar-refractivity contribution in [3.8, 4) is 0 Å². The highest BCUT2D eigenvalue weighted by molar-refractivity contribution is 9.10. The van der Waals surface area contributed by atoms with Gasteiger partial charge in [-0.15, -0.1) is 0 Å². The van der Waals surface area contributed by atoms with Crippen molar-refractivity contribution in [1.82, 2.24) is 0 Å². The molecule has 1 atom stereocenters. The maximum absolute atomic E-state index is 13.3. The van der Waals surface area contributed by atoms with Crippen LogP contribution in [0.15, 0.2) is 46.9 Å². The highest BCUT2D eigenvalue weighted by atomic mass is 79.9. The lowest BCUT2D eigenvalue weighted by molar-refractivity contribution is 0.178. The van der Waals surface area contributed by atoms with Crippen LogP contribution >= 0.6 is 15.9 Å². The van der Waals surface area contributed by atoms with E-state index in [0.29, 0.717) is 12.0 Å². The van der Waals surface area contributed by atoms with E-state index in [1.54, 1.807) is 0 Å². The van der Waals surface area contributed by atoms with E-state index in [1.165, 1.54) is 12.1 Å². The predicted molar refractivity (Wildman–Crippen MR) is 73.9 cm³/mol. The first-order chi connectivity index (χ1) is 8.54. The second-order valence-electron chi connectivity index (χ2n) is 4.41. The molecule has 18 heavy (non-hydrogen) atoms. The fourth-order valence-electron chi connectivity index (χ4n) is 1.92. The van der Waals surface area contributed by atoms with E-state index in [2.05, 4.69) is 15.9 Å². The van der Waals surface area contributed by atoms with E-state index in [4.69, 9.17) is 0 Å². The highest BCUT2D eigenvalue weighted by Gasteiger charge is 2.10. The van der Waals surface area contributed by atoms with Crippen molar-refractivity contribution in [2.24, 2.45) is 0 Å². The molecule has 0 saturated heterocycles. The molecule has 0 amide bonds. The summed E-state index contributed by atoms with van der Waals surface area (Å²) in [7, 11) is 0. The van der Waals surface area contributed by atoms with Gasteiger partial charge in [-0.1, -0.05) is 34.1 Å². The van der Waals surface area contributed by atoms with Crippen LogP contribution in [0.1, 0.15) is 22.8 Å². The summed E-state index contributed by atoms with van der Waals surface area (Å²) in [5.41, 5.74) is 2.46. The third-order valence-electron chi connectivity index (χ3n) is 2.79. The molecule has 0 fully saturated rings. The summed E-state index contributed by atoms with van der Waals surface area (Å²) in [4.78, 5) is 0. The molecule has 3 heteroatoms. The molecule has 2 rings (SSSR count). The summed E-state index contributed by atoms with van der Waals surface area (Å²) in [5.74, 6) is -0.306. The van der Waals surface area contributed by atoms with Crippen molar-refractivity contribution >= 4 is 15.9 Å². The monoisotopic (exact) mass is 308 g/mol. The Morgan fingerprint density at radius 3 is 2.44 bits per heavy atom. The average Bonchev–Trinajstić information content (AvgIpc) is 2.31. The molecule has 0 radical (unpaired) electrons. The van der Waals surface area contributed by atoms with Crippen LogP contribution in [0.4, 0.5) is 4.39 Å². The van der Waals surface area contributed by atoms with Gasteiger partial charge in [-0.3, -0.25) is 0 Å². The molecule has 1 unspecified atom stereocenters. The summed E-state index contributed by atoms with van der Waals surface area (Å²) < 4.78 is 14.3. The van der Waals surface area contributed by atoms with Gasteiger partial charge >= 0.3 is 0 Å². The number of benzene rings is 2. The minimum absolute atomic E-state index is 0.306. The fourth-order valence-corrected chi connectivity index (χ4v) is 2.18. The third-order valence-corrected chi connectivity index (χ3v) is 3.32. The summed E-state index contributed by atoms with van der Waals surface area (Å²) >= 11 is 3.36. The van der Waals surface area contributed by atoms with Crippen LogP contribution in [0.2, 0.25) is 0 Å². The average molecular weight is 309 g/mol. The van der Waals surface area contributed by atoms with Crippen molar-refractivity contribution in [1.29, 1.82) is 0 Å². The fraction of sp³-hybridized carbons (Fsp3) is 0.200. The lowest BCUT2D eigenvalue weighted by atomic mass is 10.00. The molecule has 1 nitrogen and oxygen atoms in total. The van der Waals surface area contributed by atoms with Gasteiger partial charge in [-0.25, -0.2) is 4.39 Å². The van der Waals surface area contributed by atoms with Crippen molar-refractivity contribution < 1.29 is 9.50 Å². The zero-order chi connectivity index (χ0) is 13.1. The first kappa shape index (κ1) is 13.2. The summed E-state index contributed by atoms with van der Waals surface area (Å²) in [6, 6.07) is 12.4. The zero-order valence-electron chi connectivity index (χ0n) is 10.0. The van der Waals surface area contributed by atoms with Gasteiger partial charge in [0.15, 0.2) is 0 Å². The minimum Gasteiger partial charge on any atom is -0.388 e.